The van der Waals surface area contributed by atoms with Crippen LogP contribution in [-0.2, 0) is 17.9 Å². The first-order valence-corrected chi connectivity index (χ1v) is 12.2. The molecule has 0 bridgehead atoms. The normalized spacial score (nSPS) is 15.1. The third-order valence-electron chi connectivity index (χ3n) is 7.36. The first kappa shape index (κ1) is 22.4. The highest BCUT2D eigenvalue weighted by Gasteiger charge is 2.26. The Morgan fingerprint density at radius 1 is 0.882 bits per heavy atom. The van der Waals surface area contributed by atoms with Gasteiger partial charge in [-0.05, 0) is 79.6 Å². The Morgan fingerprint density at radius 3 is 2.21 bits per heavy atom. The quantitative estimate of drug-likeness (QED) is 0.403. The van der Waals surface area contributed by atoms with Crippen LogP contribution in [0.1, 0.15) is 41.0 Å². The zero-order valence-electron chi connectivity index (χ0n) is 20.1. The summed E-state index contributed by atoms with van der Waals surface area (Å²) in [6, 6.07) is 25.4. The van der Waals surface area contributed by atoms with Gasteiger partial charge in [-0.2, -0.15) is 0 Å². The highest BCUT2D eigenvalue weighted by Crippen LogP contribution is 2.37. The van der Waals surface area contributed by atoms with Gasteiger partial charge in [-0.3, -0.25) is 9.69 Å². The number of piperidine rings is 1. The molecule has 1 aliphatic rings. The van der Waals surface area contributed by atoms with E-state index in [9.17, 15) is 4.79 Å². The molecule has 1 fully saturated rings. The lowest BCUT2D eigenvalue weighted by Crippen LogP contribution is -2.33. The summed E-state index contributed by atoms with van der Waals surface area (Å²) in [5, 5.41) is 1.21. The molecule has 0 atom stereocenters. The molecule has 4 aromatic rings. The first-order chi connectivity index (χ1) is 16.5. The average Bonchev–Trinajstić information content (AvgIpc) is 3.13. The number of amides is 1. The van der Waals surface area contributed by atoms with Crippen molar-refractivity contribution in [3.05, 3.63) is 95.1 Å². The maximum absolute atomic E-state index is 12.0. The Morgan fingerprint density at radius 2 is 1.53 bits per heavy atom. The zero-order valence-corrected chi connectivity index (χ0v) is 20.1. The SMILES string of the molecule is Cc1cccc(C)c1C1CCN(Cc2c(-c3ccccc3)n(CC(N)=O)c3ccccc23)CC1. The molecule has 34 heavy (non-hydrogen) atoms. The van der Waals surface area contributed by atoms with Crippen molar-refractivity contribution < 1.29 is 4.79 Å². The van der Waals surface area contributed by atoms with E-state index in [1.54, 1.807) is 5.56 Å². The lowest BCUT2D eigenvalue weighted by atomic mass is 9.84. The number of hydrogen-bond donors (Lipinski definition) is 1. The summed E-state index contributed by atoms with van der Waals surface area (Å²) in [5.41, 5.74) is 14.6. The molecule has 4 nitrogen and oxygen atoms in total. The molecule has 0 radical (unpaired) electrons. The number of hydrogen-bond acceptors (Lipinski definition) is 2. The van der Waals surface area contributed by atoms with Gasteiger partial charge >= 0.3 is 0 Å². The van der Waals surface area contributed by atoms with E-state index in [1.165, 1.54) is 34.9 Å². The van der Waals surface area contributed by atoms with E-state index in [0.717, 1.165) is 36.4 Å². The number of carbonyl (C=O) groups excluding carboxylic acids is 1. The standard InChI is InChI=1S/C30H33N3O/c1-21-9-8-10-22(2)29(21)23-15-17-32(18-16-23)19-26-25-13-6-7-14-27(25)33(20-28(31)34)30(26)24-11-4-3-5-12-24/h3-14,23H,15-20H2,1-2H3,(H2,31,34). The minimum atomic E-state index is -0.320. The molecule has 3 aromatic carbocycles. The van der Waals surface area contributed by atoms with E-state index >= 15 is 0 Å². The van der Waals surface area contributed by atoms with Gasteiger partial charge in [0.15, 0.2) is 0 Å². The average molecular weight is 452 g/mol. The number of aromatic nitrogens is 1. The van der Waals surface area contributed by atoms with Gasteiger partial charge in [0.1, 0.15) is 6.54 Å². The highest BCUT2D eigenvalue weighted by molar-refractivity contribution is 5.93. The maximum atomic E-state index is 12.0. The van der Waals surface area contributed by atoms with E-state index < -0.39 is 0 Å². The molecular formula is C30H33N3O. The molecular weight excluding hydrogens is 418 g/mol. The second-order valence-electron chi connectivity index (χ2n) is 9.62. The van der Waals surface area contributed by atoms with Crippen molar-refractivity contribution in [2.24, 2.45) is 5.73 Å². The number of carbonyl (C=O) groups is 1. The molecule has 1 saturated heterocycles. The summed E-state index contributed by atoms with van der Waals surface area (Å²) in [5.74, 6) is 0.307. The van der Waals surface area contributed by atoms with Crippen LogP contribution in [0.15, 0.2) is 72.8 Å². The highest BCUT2D eigenvalue weighted by atomic mass is 16.1. The van der Waals surface area contributed by atoms with Crippen LogP contribution in [0.2, 0.25) is 0 Å². The van der Waals surface area contributed by atoms with Gasteiger partial charge in [0.25, 0.3) is 0 Å². The maximum Gasteiger partial charge on any atom is 0.237 e. The molecule has 5 rings (SSSR count). The van der Waals surface area contributed by atoms with Crippen molar-refractivity contribution >= 4 is 16.8 Å². The summed E-state index contributed by atoms with van der Waals surface area (Å²) >= 11 is 0. The van der Waals surface area contributed by atoms with Gasteiger partial charge in [-0.1, -0.05) is 66.7 Å². The van der Waals surface area contributed by atoms with Crippen molar-refractivity contribution in [2.45, 2.75) is 45.7 Å². The number of rotatable bonds is 6. The third-order valence-corrected chi connectivity index (χ3v) is 7.36. The van der Waals surface area contributed by atoms with Gasteiger partial charge in [-0.15, -0.1) is 0 Å². The molecule has 0 aliphatic carbocycles. The number of benzene rings is 3. The molecule has 1 aliphatic heterocycles. The number of aryl methyl sites for hydroxylation is 2. The van der Waals surface area contributed by atoms with Crippen LogP contribution in [0.3, 0.4) is 0 Å². The molecule has 2 N–H and O–H groups in total. The predicted octanol–water partition coefficient (Wildman–Crippen LogP) is 5.79. The molecule has 1 aromatic heterocycles. The van der Waals surface area contributed by atoms with Gasteiger partial charge in [-0.25, -0.2) is 0 Å². The minimum absolute atomic E-state index is 0.180. The van der Waals surface area contributed by atoms with Crippen LogP contribution in [-0.4, -0.2) is 28.5 Å². The molecule has 0 spiro atoms. The van der Waals surface area contributed by atoms with Crippen molar-refractivity contribution in [1.29, 1.82) is 0 Å². The lowest BCUT2D eigenvalue weighted by molar-refractivity contribution is -0.118. The van der Waals surface area contributed by atoms with Crippen LogP contribution in [0.25, 0.3) is 22.2 Å². The molecule has 4 heteroatoms. The van der Waals surface area contributed by atoms with E-state index in [0.29, 0.717) is 5.92 Å². The summed E-state index contributed by atoms with van der Waals surface area (Å²) < 4.78 is 2.10. The smallest absolute Gasteiger partial charge is 0.237 e. The number of fused-ring (bicyclic) bond motifs is 1. The van der Waals surface area contributed by atoms with Gasteiger partial charge in [0.05, 0.1) is 5.69 Å². The number of likely N-dealkylation sites (tertiary alicyclic amines) is 1. The van der Waals surface area contributed by atoms with Crippen LogP contribution >= 0.6 is 0 Å². The number of primary amides is 1. The minimum Gasteiger partial charge on any atom is -0.368 e. The predicted molar refractivity (Wildman–Crippen MR) is 140 cm³/mol. The summed E-state index contributed by atoms with van der Waals surface area (Å²) in [6.07, 6.45) is 2.35. The second-order valence-corrected chi connectivity index (χ2v) is 9.62. The van der Waals surface area contributed by atoms with Crippen molar-refractivity contribution in [3.8, 4) is 11.3 Å². The molecule has 0 saturated carbocycles. The Balaban J connectivity index is 1.48. The van der Waals surface area contributed by atoms with Crippen LogP contribution < -0.4 is 5.73 Å². The van der Waals surface area contributed by atoms with Gasteiger partial charge in [0, 0.05) is 17.4 Å². The van der Waals surface area contributed by atoms with Crippen LogP contribution in [0, 0.1) is 13.8 Å². The Hall–Kier alpha value is -3.37. The Bertz CT molecular complexity index is 1290. The summed E-state index contributed by atoms with van der Waals surface area (Å²) in [6.45, 7) is 7.68. The van der Waals surface area contributed by atoms with Gasteiger partial charge < -0.3 is 10.3 Å². The summed E-state index contributed by atoms with van der Waals surface area (Å²) in [7, 11) is 0. The third kappa shape index (κ3) is 4.26. The Labute approximate surface area is 202 Å². The van der Waals surface area contributed by atoms with E-state index in [-0.39, 0.29) is 12.5 Å². The molecule has 2 heterocycles. The van der Waals surface area contributed by atoms with Crippen molar-refractivity contribution in [2.75, 3.05) is 13.1 Å². The van der Waals surface area contributed by atoms with E-state index in [4.69, 9.17) is 5.73 Å². The van der Waals surface area contributed by atoms with Crippen LogP contribution in [0.4, 0.5) is 0 Å². The molecule has 1 amide bonds. The van der Waals surface area contributed by atoms with Crippen LogP contribution in [0.5, 0.6) is 0 Å². The summed E-state index contributed by atoms with van der Waals surface area (Å²) in [4.78, 5) is 14.6. The van der Waals surface area contributed by atoms with E-state index in [2.05, 4.69) is 84.0 Å². The monoisotopic (exact) mass is 451 g/mol. The van der Waals surface area contributed by atoms with Crippen molar-refractivity contribution in [1.82, 2.24) is 9.47 Å². The fourth-order valence-electron chi connectivity index (χ4n) is 5.86. The largest absolute Gasteiger partial charge is 0.368 e. The van der Waals surface area contributed by atoms with Crippen molar-refractivity contribution in [3.63, 3.8) is 0 Å². The topological polar surface area (TPSA) is 51.3 Å². The van der Waals surface area contributed by atoms with Gasteiger partial charge in [0.2, 0.25) is 5.91 Å². The number of nitrogens with zero attached hydrogens (tertiary/aromatic N) is 2. The second kappa shape index (κ2) is 9.47. The van der Waals surface area contributed by atoms with E-state index in [1.807, 2.05) is 12.1 Å². The fraction of sp³-hybridized carbons (Fsp3) is 0.300. The molecule has 174 valence electrons. The number of nitrogens with two attached hydrogens (primary N) is 1. The zero-order chi connectivity index (χ0) is 23.7. The fourth-order valence-corrected chi connectivity index (χ4v) is 5.86. The first-order valence-electron chi connectivity index (χ1n) is 12.2. The number of para-hydroxylation sites is 1. The molecule has 0 unspecified atom stereocenters. The Kier molecular flexibility index (Phi) is 6.25. The lowest BCUT2D eigenvalue weighted by Gasteiger charge is -2.33.